The largest absolute Gasteiger partial charge is 0.503 e. The van der Waals surface area contributed by atoms with Crippen molar-refractivity contribution in [1.82, 2.24) is 9.80 Å². The Bertz CT molecular complexity index is 806. The average Bonchev–Trinajstić information content (AvgIpc) is 2.96. The van der Waals surface area contributed by atoms with Crippen molar-refractivity contribution < 1.29 is 28.9 Å². The first-order chi connectivity index (χ1) is 14.2. The molecule has 8 nitrogen and oxygen atoms in total. The molecule has 0 saturated carbocycles. The molecule has 0 fully saturated rings. The van der Waals surface area contributed by atoms with Gasteiger partial charge in [-0.2, -0.15) is 0 Å². The van der Waals surface area contributed by atoms with Crippen molar-refractivity contribution in [1.29, 1.82) is 0 Å². The van der Waals surface area contributed by atoms with Gasteiger partial charge in [0, 0.05) is 12.5 Å². The van der Waals surface area contributed by atoms with E-state index < -0.39 is 17.7 Å². The smallest absolute Gasteiger partial charge is 0.290 e. The molecule has 0 radical (unpaired) electrons. The first-order valence-electron chi connectivity index (χ1n) is 9.90. The highest BCUT2D eigenvalue weighted by Crippen LogP contribution is 2.45. The maximum absolute atomic E-state index is 13.0. The van der Waals surface area contributed by atoms with Crippen LogP contribution in [-0.2, 0) is 9.59 Å². The fourth-order valence-electron chi connectivity index (χ4n) is 3.61. The van der Waals surface area contributed by atoms with E-state index in [1.807, 2.05) is 19.0 Å². The minimum Gasteiger partial charge on any atom is -0.503 e. The molecule has 1 atom stereocenters. The van der Waals surface area contributed by atoms with Gasteiger partial charge in [-0.25, -0.2) is 0 Å². The summed E-state index contributed by atoms with van der Waals surface area (Å²) in [6, 6.07) is 2.69. The lowest BCUT2D eigenvalue weighted by molar-refractivity contribution is -0.129. The number of amides is 1. The minimum absolute atomic E-state index is 0.106. The number of hydrogen-bond acceptors (Lipinski definition) is 7. The molecule has 1 heterocycles. The van der Waals surface area contributed by atoms with Crippen LogP contribution in [0.15, 0.2) is 23.5 Å². The normalized spacial score (nSPS) is 16.6. The zero-order valence-electron chi connectivity index (χ0n) is 18.8. The van der Waals surface area contributed by atoms with E-state index in [9.17, 15) is 14.7 Å². The van der Waals surface area contributed by atoms with Gasteiger partial charge in [0.25, 0.3) is 5.91 Å². The third-order valence-corrected chi connectivity index (χ3v) is 5.10. The van der Waals surface area contributed by atoms with Gasteiger partial charge in [0.1, 0.15) is 0 Å². The molecule has 0 aliphatic carbocycles. The van der Waals surface area contributed by atoms with Crippen molar-refractivity contribution in [2.45, 2.75) is 26.3 Å². The summed E-state index contributed by atoms with van der Waals surface area (Å²) >= 11 is 0. The number of carbonyl (C=O) groups is 2. The van der Waals surface area contributed by atoms with E-state index in [0.29, 0.717) is 35.8 Å². The molecule has 1 aromatic carbocycles. The number of aliphatic hydroxyl groups excluding tert-OH is 1. The van der Waals surface area contributed by atoms with Gasteiger partial charge in [-0.05, 0) is 44.8 Å². The molecule has 2 rings (SSSR count). The molecule has 1 aliphatic rings. The van der Waals surface area contributed by atoms with Gasteiger partial charge in [0.2, 0.25) is 5.75 Å². The van der Waals surface area contributed by atoms with E-state index in [2.05, 4.69) is 0 Å². The molecule has 8 heteroatoms. The maximum Gasteiger partial charge on any atom is 0.290 e. The highest BCUT2D eigenvalue weighted by Gasteiger charge is 2.44. The Labute approximate surface area is 178 Å². The van der Waals surface area contributed by atoms with Crippen LogP contribution in [0.3, 0.4) is 0 Å². The van der Waals surface area contributed by atoms with Crippen molar-refractivity contribution in [2.24, 2.45) is 5.92 Å². The highest BCUT2D eigenvalue weighted by atomic mass is 16.5. The topological polar surface area (TPSA) is 88.5 Å². The van der Waals surface area contributed by atoms with Gasteiger partial charge in [-0.1, -0.05) is 13.8 Å². The van der Waals surface area contributed by atoms with Crippen LogP contribution in [0.25, 0.3) is 0 Å². The second-order valence-corrected chi connectivity index (χ2v) is 7.80. The SMILES string of the molecule is COc1cc(C2C(C(=O)C(C)C)=C(O)C(=O)N2CCCN(C)C)cc(OC)c1OC. The Balaban J connectivity index is 2.61. The molecular formula is C22H32N2O6. The van der Waals surface area contributed by atoms with Gasteiger partial charge in [-0.3, -0.25) is 9.59 Å². The number of carbonyl (C=O) groups excluding carboxylic acids is 2. The Morgan fingerprint density at radius 1 is 1.13 bits per heavy atom. The molecule has 1 N–H and O–H groups in total. The fourth-order valence-corrected chi connectivity index (χ4v) is 3.61. The summed E-state index contributed by atoms with van der Waals surface area (Å²) in [5, 5.41) is 10.6. The molecule has 1 aromatic rings. The van der Waals surface area contributed by atoms with Crippen molar-refractivity contribution >= 4 is 11.7 Å². The van der Waals surface area contributed by atoms with Crippen LogP contribution in [0.5, 0.6) is 17.2 Å². The van der Waals surface area contributed by atoms with Crippen LogP contribution in [0.1, 0.15) is 31.9 Å². The van der Waals surface area contributed by atoms with E-state index in [-0.39, 0.29) is 17.3 Å². The third kappa shape index (κ3) is 4.53. The number of hydrogen-bond donors (Lipinski definition) is 1. The number of methoxy groups -OCH3 is 3. The Morgan fingerprint density at radius 3 is 2.13 bits per heavy atom. The molecule has 0 saturated heterocycles. The van der Waals surface area contributed by atoms with Crippen LogP contribution < -0.4 is 14.2 Å². The van der Waals surface area contributed by atoms with Crippen LogP contribution in [0.4, 0.5) is 0 Å². The fraction of sp³-hybridized carbons (Fsp3) is 0.545. The second-order valence-electron chi connectivity index (χ2n) is 7.80. The lowest BCUT2D eigenvalue weighted by Crippen LogP contribution is -2.33. The van der Waals surface area contributed by atoms with Crippen molar-refractivity contribution in [2.75, 3.05) is 48.5 Å². The van der Waals surface area contributed by atoms with Gasteiger partial charge in [0.15, 0.2) is 23.0 Å². The van der Waals surface area contributed by atoms with Crippen LogP contribution >= 0.6 is 0 Å². The first-order valence-corrected chi connectivity index (χ1v) is 9.90. The second kappa shape index (κ2) is 9.84. The Morgan fingerprint density at radius 2 is 1.70 bits per heavy atom. The third-order valence-electron chi connectivity index (χ3n) is 5.10. The van der Waals surface area contributed by atoms with E-state index in [0.717, 1.165) is 6.54 Å². The lowest BCUT2D eigenvalue weighted by Gasteiger charge is -2.28. The van der Waals surface area contributed by atoms with E-state index in [4.69, 9.17) is 14.2 Å². The van der Waals surface area contributed by atoms with E-state index in [1.165, 1.54) is 26.2 Å². The molecular weight excluding hydrogens is 388 g/mol. The number of nitrogens with zero attached hydrogens (tertiary/aromatic N) is 2. The number of benzene rings is 1. The molecule has 0 spiro atoms. The first kappa shape index (κ1) is 23.5. The number of Topliss-reactive ketones (excluding diaryl/α,β-unsaturated/α-hetero) is 1. The van der Waals surface area contributed by atoms with Gasteiger partial charge < -0.3 is 29.1 Å². The van der Waals surface area contributed by atoms with Crippen molar-refractivity contribution in [3.05, 3.63) is 29.0 Å². The monoisotopic (exact) mass is 420 g/mol. The lowest BCUT2D eigenvalue weighted by atomic mass is 9.91. The van der Waals surface area contributed by atoms with E-state index in [1.54, 1.807) is 26.0 Å². The summed E-state index contributed by atoms with van der Waals surface area (Å²) < 4.78 is 16.3. The summed E-state index contributed by atoms with van der Waals surface area (Å²) in [5.74, 6) is -0.438. The average molecular weight is 421 g/mol. The summed E-state index contributed by atoms with van der Waals surface area (Å²) in [5.41, 5.74) is 0.713. The summed E-state index contributed by atoms with van der Waals surface area (Å²) in [7, 11) is 8.41. The number of ketones is 1. The summed E-state index contributed by atoms with van der Waals surface area (Å²) in [4.78, 5) is 29.4. The summed E-state index contributed by atoms with van der Waals surface area (Å²) in [6.45, 7) is 4.64. The van der Waals surface area contributed by atoms with Crippen LogP contribution in [-0.4, -0.2) is 75.1 Å². The van der Waals surface area contributed by atoms with Crippen molar-refractivity contribution in [3.63, 3.8) is 0 Å². The predicted octanol–water partition coefficient (Wildman–Crippen LogP) is 2.58. The van der Waals surface area contributed by atoms with Crippen molar-refractivity contribution in [3.8, 4) is 17.2 Å². The maximum atomic E-state index is 13.0. The minimum atomic E-state index is -0.733. The molecule has 1 aliphatic heterocycles. The molecule has 1 unspecified atom stereocenters. The molecule has 1 amide bonds. The molecule has 0 bridgehead atoms. The predicted molar refractivity (Wildman–Crippen MR) is 113 cm³/mol. The number of rotatable bonds is 10. The quantitative estimate of drug-likeness (QED) is 0.622. The van der Waals surface area contributed by atoms with Gasteiger partial charge in [0.05, 0.1) is 32.9 Å². The standard InChI is InChI=1S/C22H32N2O6/c1-13(2)19(25)17-18(24(22(27)20(17)26)10-8-9-23(3)4)14-11-15(28-5)21(30-7)16(12-14)29-6/h11-13,18,26H,8-10H2,1-7H3. The van der Waals surface area contributed by atoms with Crippen LogP contribution in [0.2, 0.25) is 0 Å². The van der Waals surface area contributed by atoms with Gasteiger partial charge in [-0.15, -0.1) is 0 Å². The Hall–Kier alpha value is -2.74. The Kier molecular flexibility index (Phi) is 7.72. The summed E-state index contributed by atoms with van der Waals surface area (Å²) in [6.07, 6.45) is 0.691. The zero-order valence-corrected chi connectivity index (χ0v) is 18.8. The highest BCUT2D eigenvalue weighted by molar-refractivity contribution is 6.09. The van der Waals surface area contributed by atoms with Gasteiger partial charge >= 0.3 is 0 Å². The van der Waals surface area contributed by atoms with E-state index >= 15 is 0 Å². The zero-order chi connectivity index (χ0) is 22.6. The number of aliphatic hydroxyl groups is 1. The molecule has 0 aromatic heterocycles. The molecule has 166 valence electrons. The molecule has 30 heavy (non-hydrogen) atoms. The number of ether oxygens (including phenoxy) is 3. The van der Waals surface area contributed by atoms with Crippen LogP contribution in [0, 0.1) is 5.92 Å².